The molecule has 1 aliphatic rings. The van der Waals surface area contributed by atoms with Crippen LogP contribution < -0.4 is 5.32 Å². The van der Waals surface area contributed by atoms with Crippen molar-refractivity contribution in [1.29, 1.82) is 0 Å². The van der Waals surface area contributed by atoms with Gasteiger partial charge in [-0.15, -0.1) is 11.3 Å². The summed E-state index contributed by atoms with van der Waals surface area (Å²) in [5.74, 6) is 0.111. The number of carbonyl (C=O) groups excluding carboxylic acids is 2. The quantitative estimate of drug-likeness (QED) is 0.824. The number of nitrogens with one attached hydrogen (secondary N) is 1. The molecule has 0 aliphatic carbocycles. The van der Waals surface area contributed by atoms with Gasteiger partial charge in [-0.05, 0) is 52.0 Å². The van der Waals surface area contributed by atoms with Crippen molar-refractivity contribution in [1.82, 2.24) is 9.80 Å². The largest absolute Gasteiger partial charge is 0.375 e. The molecule has 0 saturated carbocycles. The lowest BCUT2D eigenvalue weighted by atomic mass is 10.2. The molecule has 0 bridgehead atoms. The summed E-state index contributed by atoms with van der Waals surface area (Å²) in [7, 11) is 0. The molecular weight excluding hydrogens is 402 g/mol. The highest BCUT2D eigenvalue weighted by Crippen LogP contribution is 2.23. The Hall–Kier alpha value is -1.86. The van der Waals surface area contributed by atoms with Gasteiger partial charge in [-0.3, -0.25) is 9.59 Å². The van der Waals surface area contributed by atoms with Crippen molar-refractivity contribution in [2.75, 3.05) is 38.0 Å². The molecule has 132 valence electrons. The van der Waals surface area contributed by atoms with Crippen LogP contribution in [-0.4, -0.2) is 54.3 Å². The maximum atomic E-state index is 12.4. The maximum absolute atomic E-state index is 12.4. The van der Waals surface area contributed by atoms with Gasteiger partial charge in [0.15, 0.2) is 0 Å². The molecule has 1 N–H and O–H groups in total. The SMILES string of the molecule is Cc1ccc(NCC(=O)N2CCN(C(=O)c3cccs3)CC2)c(Br)c1. The zero-order valence-electron chi connectivity index (χ0n) is 14.0. The van der Waals surface area contributed by atoms with Crippen LogP contribution in [0.2, 0.25) is 0 Å². The third kappa shape index (κ3) is 4.41. The van der Waals surface area contributed by atoms with Crippen LogP contribution in [0.1, 0.15) is 15.2 Å². The number of hydrogen-bond donors (Lipinski definition) is 1. The Morgan fingerprint density at radius 3 is 2.52 bits per heavy atom. The molecule has 1 aromatic carbocycles. The molecule has 1 aromatic heterocycles. The minimum absolute atomic E-state index is 0.0516. The molecule has 2 heterocycles. The van der Waals surface area contributed by atoms with Gasteiger partial charge in [0.1, 0.15) is 0 Å². The Morgan fingerprint density at radius 1 is 1.16 bits per heavy atom. The maximum Gasteiger partial charge on any atom is 0.264 e. The number of carbonyl (C=O) groups is 2. The predicted molar refractivity (Wildman–Crippen MR) is 104 cm³/mol. The first-order valence-electron chi connectivity index (χ1n) is 8.15. The zero-order chi connectivity index (χ0) is 17.8. The van der Waals surface area contributed by atoms with E-state index >= 15 is 0 Å². The lowest BCUT2D eigenvalue weighted by Gasteiger charge is -2.34. The number of benzene rings is 1. The molecule has 5 nitrogen and oxygen atoms in total. The van der Waals surface area contributed by atoms with Crippen LogP contribution in [0.25, 0.3) is 0 Å². The molecule has 2 aromatic rings. The highest BCUT2D eigenvalue weighted by atomic mass is 79.9. The summed E-state index contributed by atoms with van der Waals surface area (Å²) >= 11 is 4.96. The topological polar surface area (TPSA) is 52.7 Å². The van der Waals surface area contributed by atoms with Crippen molar-refractivity contribution in [3.63, 3.8) is 0 Å². The first-order chi connectivity index (χ1) is 12.0. The molecule has 1 aliphatic heterocycles. The van der Waals surface area contributed by atoms with E-state index in [2.05, 4.69) is 21.2 Å². The van der Waals surface area contributed by atoms with Gasteiger partial charge in [0.05, 0.1) is 11.4 Å². The van der Waals surface area contributed by atoms with Crippen molar-refractivity contribution < 1.29 is 9.59 Å². The van der Waals surface area contributed by atoms with Gasteiger partial charge in [-0.2, -0.15) is 0 Å². The second kappa shape index (κ2) is 8.01. The van der Waals surface area contributed by atoms with Gasteiger partial charge in [-0.25, -0.2) is 0 Å². The summed E-state index contributed by atoms with van der Waals surface area (Å²) in [5.41, 5.74) is 2.07. The monoisotopic (exact) mass is 421 g/mol. The van der Waals surface area contributed by atoms with Crippen molar-refractivity contribution in [2.24, 2.45) is 0 Å². The number of anilines is 1. The van der Waals surface area contributed by atoms with Gasteiger partial charge in [-0.1, -0.05) is 12.1 Å². The van der Waals surface area contributed by atoms with Gasteiger partial charge in [0, 0.05) is 36.3 Å². The number of amides is 2. The third-order valence-electron chi connectivity index (χ3n) is 4.21. The van der Waals surface area contributed by atoms with Crippen molar-refractivity contribution in [2.45, 2.75) is 6.92 Å². The fraction of sp³-hybridized carbons (Fsp3) is 0.333. The summed E-state index contributed by atoms with van der Waals surface area (Å²) in [6, 6.07) is 9.71. The molecule has 7 heteroatoms. The Bertz CT molecular complexity index is 756. The smallest absolute Gasteiger partial charge is 0.264 e. The van der Waals surface area contributed by atoms with Crippen LogP contribution in [0, 0.1) is 6.92 Å². The van der Waals surface area contributed by atoms with Crippen LogP contribution in [-0.2, 0) is 4.79 Å². The summed E-state index contributed by atoms with van der Waals surface area (Å²) in [6.45, 7) is 4.59. The second-order valence-electron chi connectivity index (χ2n) is 5.99. The van der Waals surface area contributed by atoms with Crippen LogP contribution >= 0.6 is 27.3 Å². The molecule has 1 saturated heterocycles. The third-order valence-corrected chi connectivity index (χ3v) is 5.72. The summed E-state index contributed by atoms with van der Waals surface area (Å²) in [4.78, 5) is 29.1. The van der Waals surface area contributed by atoms with E-state index in [9.17, 15) is 9.59 Å². The molecule has 1 fully saturated rings. The van der Waals surface area contributed by atoms with E-state index in [1.54, 1.807) is 0 Å². The van der Waals surface area contributed by atoms with Crippen molar-refractivity contribution >= 4 is 44.8 Å². The minimum atomic E-state index is 0.0516. The van der Waals surface area contributed by atoms with E-state index in [1.165, 1.54) is 11.3 Å². The van der Waals surface area contributed by atoms with Crippen LogP contribution in [0.15, 0.2) is 40.2 Å². The van der Waals surface area contributed by atoms with Gasteiger partial charge in [0.25, 0.3) is 5.91 Å². The van der Waals surface area contributed by atoms with Gasteiger partial charge >= 0.3 is 0 Å². The first kappa shape index (κ1) is 17.9. The number of hydrogen-bond acceptors (Lipinski definition) is 4. The van der Waals surface area contributed by atoms with E-state index < -0.39 is 0 Å². The van der Waals surface area contributed by atoms with Crippen molar-refractivity contribution in [3.05, 3.63) is 50.6 Å². The number of aryl methyl sites for hydroxylation is 1. The average molecular weight is 422 g/mol. The standard InChI is InChI=1S/C18H20BrN3O2S/c1-13-4-5-15(14(19)11-13)20-12-17(23)21-6-8-22(9-7-21)18(24)16-3-2-10-25-16/h2-5,10-11,20H,6-9,12H2,1H3. The molecule has 0 spiro atoms. The van der Waals surface area contributed by atoms with Crippen LogP contribution in [0.4, 0.5) is 5.69 Å². The lowest BCUT2D eigenvalue weighted by Crippen LogP contribution is -2.51. The van der Waals surface area contributed by atoms with E-state index in [1.807, 2.05) is 52.4 Å². The van der Waals surface area contributed by atoms with Crippen molar-refractivity contribution in [3.8, 4) is 0 Å². The number of halogens is 1. The van der Waals surface area contributed by atoms with Gasteiger partial charge in [0.2, 0.25) is 5.91 Å². The Kier molecular flexibility index (Phi) is 5.75. The molecule has 25 heavy (non-hydrogen) atoms. The van der Waals surface area contributed by atoms with E-state index in [-0.39, 0.29) is 18.4 Å². The fourth-order valence-electron chi connectivity index (χ4n) is 2.76. The molecule has 0 unspecified atom stereocenters. The normalized spacial score (nSPS) is 14.5. The molecule has 0 radical (unpaired) electrons. The van der Waals surface area contributed by atoms with Gasteiger partial charge < -0.3 is 15.1 Å². The Balaban J connectivity index is 1.49. The summed E-state index contributed by atoms with van der Waals surface area (Å²) in [5, 5.41) is 5.08. The lowest BCUT2D eigenvalue weighted by molar-refractivity contribution is -0.130. The summed E-state index contributed by atoms with van der Waals surface area (Å²) < 4.78 is 0.951. The van der Waals surface area contributed by atoms with E-state index in [0.29, 0.717) is 26.2 Å². The molecular formula is C18H20BrN3O2S. The molecule has 0 atom stereocenters. The average Bonchev–Trinajstić information content (AvgIpc) is 3.15. The van der Waals surface area contributed by atoms with Crippen LogP contribution in [0.5, 0.6) is 0 Å². The zero-order valence-corrected chi connectivity index (χ0v) is 16.4. The number of rotatable bonds is 4. The minimum Gasteiger partial charge on any atom is -0.375 e. The highest BCUT2D eigenvalue weighted by Gasteiger charge is 2.25. The first-order valence-corrected chi connectivity index (χ1v) is 9.82. The number of nitrogens with zero attached hydrogens (tertiary/aromatic N) is 2. The Labute approximate surface area is 159 Å². The fourth-order valence-corrected chi connectivity index (χ4v) is 4.09. The molecule has 2 amide bonds. The van der Waals surface area contributed by atoms with Crippen LogP contribution in [0.3, 0.4) is 0 Å². The number of piperazine rings is 1. The van der Waals surface area contributed by atoms with E-state index in [0.717, 1.165) is 20.6 Å². The Morgan fingerprint density at radius 2 is 1.88 bits per heavy atom. The highest BCUT2D eigenvalue weighted by molar-refractivity contribution is 9.10. The second-order valence-corrected chi connectivity index (χ2v) is 7.79. The molecule has 3 rings (SSSR count). The number of thiophene rings is 1. The predicted octanol–water partition coefficient (Wildman–Crippen LogP) is 3.22. The summed E-state index contributed by atoms with van der Waals surface area (Å²) in [6.07, 6.45) is 0. The van der Waals surface area contributed by atoms with E-state index in [4.69, 9.17) is 0 Å².